The Balaban J connectivity index is 1.93. The van der Waals surface area contributed by atoms with Crippen molar-refractivity contribution in [2.24, 2.45) is 0 Å². The summed E-state index contributed by atoms with van der Waals surface area (Å²) in [4.78, 5) is 13.8. The average Bonchev–Trinajstić information content (AvgIpc) is 2.48. The molecule has 1 heterocycles. The van der Waals surface area contributed by atoms with E-state index in [0.717, 1.165) is 37.9 Å². The lowest BCUT2D eigenvalue weighted by Crippen LogP contribution is -2.49. The molecule has 1 aromatic carbocycles. The lowest BCUT2D eigenvalue weighted by atomic mass is 10.1. The molecule has 116 valence electrons. The summed E-state index contributed by atoms with van der Waals surface area (Å²) >= 11 is 0. The monoisotopic (exact) mass is 297 g/mol. The number of benzene rings is 1. The molecule has 1 unspecified atom stereocenters. The summed E-state index contributed by atoms with van der Waals surface area (Å²) in [6, 6.07) is 3.06. The summed E-state index contributed by atoms with van der Waals surface area (Å²) in [7, 11) is 0. The minimum absolute atomic E-state index is 0.00467. The lowest BCUT2D eigenvalue weighted by Gasteiger charge is -2.33. The van der Waals surface area contributed by atoms with Crippen LogP contribution in [0.2, 0.25) is 0 Å². The van der Waals surface area contributed by atoms with Gasteiger partial charge in [-0.1, -0.05) is 6.92 Å². The van der Waals surface area contributed by atoms with Crippen LogP contribution >= 0.6 is 0 Å². The molecule has 1 saturated heterocycles. The number of amides is 2. The Morgan fingerprint density at radius 1 is 1.43 bits per heavy atom. The fraction of sp³-hybridized carbons (Fsp3) is 0.533. The number of nitrogens with one attached hydrogen (secondary N) is 2. The molecule has 1 aromatic rings. The van der Waals surface area contributed by atoms with E-state index >= 15 is 0 Å². The van der Waals surface area contributed by atoms with Crippen LogP contribution in [-0.4, -0.2) is 36.6 Å². The van der Waals surface area contributed by atoms with Gasteiger partial charge in [-0.2, -0.15) is 0 Å². The minimum atomic E-state index is -0.763. The van der Waals surface area contributed by atoms with Gasteiger partial charge in [0.05, 0.1) is 5.69 Å². The molecule has 21 heavy (non-hydrogen) atoms. The Kier molecular flexibility index (Phi) is 5.50. The second-order valence-electron chi connectivity index (χ2n) is 5.29. The molecule has 2 N–H and O–H groups in total. The summed E-state index contributed by atoms with van der Waals surface area (Å²) < 4.78 is 26.4. The molecular weight excluding hydrogens is 276 g/mol. The number of likely N-dealkylation sites (tertiary alicyclic amines) is 1. The van der Waals surface area contributed by atoms with Crippen LogP contribution in [0.4, 0.5) is 19.3 Å². The van der Waals surface area contributed by atoms with Crippen molar-refractivity contribution in [2.75, 3.05) is 25.0 Å². The van der Waals surface area contributed by atoms with Crippen molar-refractivity contribution in [3.63, 3.8) is 0 Å². The van der Waals surface area contributed by atoms with Gasteiger partial charge in [0.25, 0.3) is 0 Å². The number of carbonyl (C=O) groups is 1. The van der Waals surface area contributed by atoms with Crippen LogP contribution in [0.15, 0.2) is 18.2 Å². The van der Waals surface area contributed by atoms with E-state index in [1.54, 1.807) is 4.90 Å². The second-order valence-corrected chi connectivity index (χ2v) is 5.29. The van der Waals surface area contributed by atoms with Crippen LogP contribution in [0, 0.1) is 11.6 Å². The van der Waals surface area contributed by atoms with E-state index in [1.165, 1.54) is 6.07 Å². The molecule has 0 spiro atoms. The normalized spacial score (nSPS) is 18.6. The molecular formula is C15H21F2N3O. The first-order valence-electron chi connectivity index (χ1n) is 7.34. The van der Waals surface area contributed by atoms with Crippen molar-refractivity contribution in [3.05, 3.63) is 29.8 Å². The van der Waals surface area contributed by atoms with Crippen LogP contribution in [0.25, 0.3) is 0 Å². The third kappa shape index (κ3) is 4.39. The predicted molar refractivity (Wildman–Crippen MR) is 78.3 cm³/mol. The quantitative estimate of drug-likeness (QED) is 0.897. The van der Waals surface area contributed by atoms with Gasteiger partial charge in [-0.05, 0) is 37.9 Å². The van der Waals surface area contributed by atoms with Gasteiger partial charge in [0.15, 0.2) is 0 Å². The highest BCUT2D eigenvalue weighted by molar-refractivity contribution is 5.89. The molecule has 0 radical (unpaired) electrons. The highest BCUT2D eigenvalue weighted by Gasteiger charge is 2.23. The molecule has 2 rings (SSSR count). The van der Waals surface area contributed by atoms with E-state index in [4.69, 9.17) is 0 Å². The highest BCUT2D eigenvalue weighted by Crippen LogP contribution is 2.17. The Morgan fingerprint density at radius 3 is 2.95 bits per heavy atom. The smallest absolute Gasteiger partial charge is 0.321 e. The van der Waals surface area contributed by atoms with E-state index in [2.05, 4.69) is 17.6 Å². The summed E-state index contributed by atoms with van der Waals surface area (Å²) in [5.41, 5.74) is 0.00467. The minimum Gasteiger partial charge on any atom is -0.323 e. The first-order chi connectivity index (χ1) is 10.1. The number of carbonyl (C=O) groups excluding carboxylic acids is 1. The third-order valence-electron chi connectivity index (χ3n) is 3.56. The molecule has 1 atom stereocenters. The average molecular weight is 297 g/mol. The number of rotatable bonds is 4. The maximum atomic E-state index is 13.5. The summed E-state index contributed by atoms with van der Waals surface area (Å²) in [6.45, 7) is 4.28. The van der Waals surface area contributed by atoms with Gasteiger partial charge in [-0.3, -0.25) is 0 Å². The van der Waals surface area contributed by atoms with Crippen LogP contribution in [-0.2, 0) is 0 Å². The van der Waals surface area contributed by atoms with Gasteiger partial charge >= 0.3 is 6.03 Å². The van der Waals surface area contributed by atoms with Crippen molar-refractivity contribution >= 4 is 11.7 Å². The molecule has 0 bridgehead atoms. The van der Waals surface area contributed by atoms with E-state index in [9.17, 15) is 13.6 Å². The molecule has 2 amide bonds. The van der Waals surface area contributed by atoms with Gasteiger partial charge in [-0.25, -0.2) is 13.6 Å². The molecule has 0 aromatic heterocycles. The van der Waals surface area contributed by atoms with Gasteiger partial charge in [0, 0.05) is 25.2 Å². The largest absolute Gasteiger partial charge is 0.323 e. The highest BCUT2D eigenvalue weighted by atomic mass is 19.1. The topological polar surface area (TPSA) is 44.4 Å². The summed E-state index contributed by atoms with van der Waals surface area (Å²) in [5.74, 6) is -1.42. The maximum Gasteiger partial charge on any atom is 0.321 e. The number of hydrogen-bond acceptors (Lipinski definition) is 2. The van der Waals surface area contributed by atoms with Crippen LogP contribution in [0.1, 0.15) is 26.2 Å². The zero-order chi connectivity index (χ0) is 15.2. The van der Waals surface area contributed by atoms with Gasteiger partial charge in [0.1, 0.15) is 11.6 Å². The second kappa shape index (κ2) is 7.36. The van der Waals surface area contributed by atoms with Crippen molar-refractivity contribution < 1.29 is 13.6 Å². The Hall–Kier alpha value is -1.69. The van der Waals surface area contributed by atoms with Crippen LogP contribution < -0.4 is 10.6 Å². The molecule has 1 fully saturated rings. The number of urea groups is 1. The van der Waals surface area contributed by atoms with E-state index in [1.807, 2.05) is 0 Å². The van der Waals surface area contributed by atoms with Crippen molar-refractivity contribution in [3.8, 4) is 0 Å². The molecule has 0 saturated carbocycles. The third-order valence-corrected chi connectivity index (χ3v) is 3.56. The Bertz CT molecular complexity index is 496. The van der Waals surface area contributed by atoms with E-state index < -0.39 is 11.6 Å². The zero-order valence-corrected chi connectivity index (χ0v) is 12.2. The number of hydrogen-bond donors (Lipinski definition) is 2. The molecule has 1 aliphatic heterocycles. The molecule has 4 nitrogen and oxygen atoms in total. The lowest BCUT2D eigenvalue weighted by molar-refractivity contribution is 0.185. The zero-order valence-electron chi connectivity index (χ0n) is 12.2. The SMILES string of the molecule is CCCNC1CCCN(C(=O)Nc2ccc(F)cc2F)C1. The Labute approximate surface area is 123 Å². The first-order valence-corrected chi connectivity index (χ1v) is 7.34. The first kappa shape index (κ1) is 15.7. The van der Waals surface area contributed by atoms with Crippen LogP contribution in [0.5, 0.6) is 0 Å². The molecule has 6 heteroatoms. The van der Waals surface area contributed by atoms with Crippen LogP contribution in [0.3, 0.4) is 0 Å². The van der Waals surface area contributed by atoms with Gasteiger partial charge in [0.2, 0.25) is 0 Å². The fourth-order valence-corrected chi connectivity index (χ4v) is 2.46. The fourth-order valence-electron chi connectivity index (χ4n) is 2.46. The van der Waals surface area contributed by atoms with Crippen molar-refractivity contribution in [1.29, 1.82) is 0 Å². The van der Waals surface area contributed by atoms with Crippen molar-refractivity contribution in [2.45, 2.75) is 32.2 Å². The maximum absolute atomic E-state index is 13.5. The van der Waals surface area contributed by atoms with E-state index in [0.29, 0.717) is 13.1 Å². The van der Waals surface area contributed by atoms with Gasteiger partial charge < -0.3 is 15.5 Å². The van der Waals surface area contributed by atoms with Gasteiger partial charge in [-0.15, -0.1) is 0 Å². The summed E-state index contributed by atoms with van der Waals surface area (Å²) in [6.07, 6.45) is 3.00. The summed E-state index contributed by atoms with van der Waals surface area (Å²) in [5, 5.41) is 5.89. The number of anilines is 1. The Morgan fingerprint density at radius 2 is 2.24 bits per heavy atom. The molecule has 0 aliphatic carbocycles. The number of halogens is 2. The molecule has 1 aliphatic rings. The number of piperidine rings is 1. The number of nitrogens with zero attached hydrogens (tertiary/aromatic N) is 1. The predicted octanol–water partition coefficient (Wildman–Crippen LogP) is 2.96. The standard InChI is InChI=1S/C15H21F2N3O/c1-2-7-18-12-4-3-8-20(10-12)15(21)19-14-6-5-11(16)9-13(14)17/h5-6,9,12,18H,2-4,7-8,10H2,1H3,(H,19,21). The van der Waals surface area contributed by atoms with Crippen molar-refractivity contribution in [1.82, 2.24) is 10.2 Å². The van der Waals surface area contributed by atoms with E-state index in [-0.39, 0.29) is 17.8 Å².